The standard InChI is InChI=1S/C8H12O2.H2/c1-6(9)7-4-2-3-5-8(7)10;/h7H,2-5H2,1H3;1H/i;1+2. The molecule has 1 saturated carbocycles. The second kappa shape index (κ2) is 2.95. The van der Waals surface area contributed by atoms with Crippen LogP contribution < -0.4 is 0 Å². The van der Waals surface area contributed by atoms with Gasteiger partial charge in [0.15, 0.2) is 0 Å². The number of rotatable bonds is 1. The van der Waals surface area contributed by atoms with Crippen molar-refractivity contribution >= 4 is 11.6 Å². The normalized spacial score (nSPS) is 26.5. The summed E-state index contributed by atoms with van der Waals surface area (Å²) in [4.78, 5) is 21.8. The van der Waals surface area contributed by atoms with Gasteiger partial charge in [-0.3, -0.25) is 9.59 Å². The topological polar surface area (TPSA) is 34.1 Å². The van der Waals surface area contributed by atoms with Gasteiger partial charge in [0.05, 0.1) is 5.92 Å². The highest BCUT2D eigenvalue weighted by molar-refractivity contribution is 6.01. The lowest BCUT2D eigenvalue weighted by molar-refractivity contribution is -0.133. The fraction of sp³-hybridized carbons (Fsp3) is 0.750. The monoisotopic (exact) mass is 144 g/mol. The molecule has 2 nitrogen and oxygen atoms in total. The van der Waals surface area contributed by atoms with Crippen LogP contribution in [0.1, 0.15) is 34.0 Å². The summed E-state index contributed by atoms with van der Waals surface area (Å²) in [6.45, 7) is 1.51. The highest BCUT2D eigenvalue weighted by Gasteiger charge is 2.25. The van der Waals surface area contributed by atoms with E-state index in [1.54, 1.807) is 0 Å². The van der Waals surface area contributed by atoms with Crippen LogP contribution in [0, 0.1) is 5.92 Å². The quantitative estimate of drug-likeness (QED) is 0.523. The molecule has 1 fully saturated rings. The first-order valence-electron chi connectivity index (χ1n) is 3.75. The Balaban J connectivity index is 0.000001000. The largest absolute Gasteiger partial charge is 0.299 e. The van der Waals surface area contributed by atoms with Crippen LogP contribution >= 0.6 is 0 Å². The van der Waals surface area contributed by atoms with Crippen molar-refractivity contribution < 1.29 is 11.0 Å². The SMILES string of the molecule is CC(=O)C1CCCCC1=O.[3HH]. The number of carbonyl (C=O) groups excluding carboxylic acids is 2. The fourth-order valence-corrected chi connectivity index (χ4v) is 1.41. The number of ketones is 2. The molecule has 0 radical (unpaired) electrons. The van der Waals surface area contributed by atoms with Crippen molar-refractivity contribution in [1.29, 1.82) is 0 Å². The predicted molar refractivity (Wildman–Crippen MR) is 39.8 cm³/mol. The van der Waals surface area contributed by atoms with Crippen LogP contribution in [0.4, 0.5) is 0 Å². The third-order valence-corrected chi connectivity index (χ3v) is 2.05. The maximum Gasteiger partial charge on any atom is 0.143 e. The molecule has 2 heteroatoms. The first-order valence-corrected chi connectivity index (χ1v) is 3.75. The van der Waals surface area contributed by atoms with Gasteiger partial charge in [-0.15, -0.1) is 0 Å². The zero-order valence-corrected chi connectivity index (χ0v) is 6.22. The Hall–Kier alpha value is -0.660. The average Bonchev–Trinajstić information content (AvgIpc) is 1.88. The van der Waals surface area contributed by atoms with Gasteiger partial charge < -0.3 is 0 Å². The summed E-state index contributed by atoms with van der Waals surface area (Å²) in [6.07, 6.45) is 3.41. The van der Waals surface area contributed by atoms with Gasteiger partial charge in [0.1, 0.15) is 11.6 Å². The van der Waals surface area contributed by atoms with Crippen LogP contribution in [0.2, 0.25) is 0 Å². The van der Waals surface area contributed by atoms with E-state index in [0.29, 0.717) is 6.42 Å². The summed E-state index contributed by atoms with van der Waals surface area (Å²) >= 11 is 0. The number of hydrogen-bond acceptors (Lipinski definition) is 2. The van der Waals surface area contributed by atoms with E-state index in [0.717, 1.165) is 19.3 Å². The second-order valence-electron chi connectivity index (χ2n) is 2.88. The molecule has 0 spiro atoms. The molecule has 1 unspecified atom stereocenters. The molecule has 1 aliphatic carbocycles. The molecule has 0 saturated heterocycles. The van der Waals surface area contributed by atoms with Gasteiger partial charge in [0.25, 0.3) is 0 Å². The summed E-state index contributed by atoms with van der Waals surface area (Å²) < 4.78 is 0. The highest BCUT2D eigenvalue weighted by atomic mass is 16.1. The van der Waals surface area contributed by atoms with E-state index < -0.39 is 0 Å². The molecule has 0 heterocycles. The van der Waals surface area contributed by atoms with Crippen molar-refractivity contribution in [3.05, 3.63) is 0 Å². The molecule has 0 aromatic heterocycles. The van der Waals surface area contributed by atoms with Gasteiger partial charge in [-0.25, -0.2) is 0 Å². The smallest absolute Gasteiger partial charge is 0.143 e. The van der Waals surface area contributed by atoms with E-state index in [-0.39, 0.29) is 18.9 Å². The Bertz CT molecular complexity index is 165. The average molecular weight is 144 g/mol. The fourth-order valence-electron chi connectivity index (χ4n) is 1.41. The van der Waals surface area contributed by atoms with Crippen LogP contribution in [-0.4, -0.2) is 11.6 Å². The molecule has 0 aliphatic heterocycles. The van der Waals surface area contributed by atoms with E-state index in [4.69, 9.17) is 0 Å². The summed E-state index contributed by atoms with van der Waals surface area (Å²) in [7, 11) is 0. The van der Waals surface area contributed by atoms with Gasteiger partial charge in [-0.05, 0) is 19.8 Å². The van der Waals surface area contributed by atoms with Crippen molar-refractivity contribution in [2.75, 3.05) is 0 Å². The molecule has 0 amide bonds. The molecular formula is C8H14O2. The van der Waals surface area contributed by atoms with Gasteiger partial charge in [0, 0.05) is 7.85 Å². The molecule has 0 aromatic carbocycles. The summed E-state index contributed by atoms with van der Waals surface area (Å²) in [5.41, 5.74) is 0. The van der Waals surface area contributed by atoms with E-state index in [1.165, 1.54) is 6.92 Å². The molecular weight excluding hydrogens is 128 g/mol. The molecule has 10 heavy (non-hydrogen) atoms. The number of hydrogen-bond donors (Lipinski definition) is 0. The molecule has 58 valence electrons. The number of Topliss-reactive ketones (excluding diaryl/α,β-unsaturated/α-hetero) is 2. The molecule has 1 atom stereocenters. The zero-order chi connectivity index (χ0) is 7.56. The second-order valence-corrected chi connectivity index (χ2v) is 2.88. The first-order chi connectivity index (χ1) is 4.72. The molecule has 1 aliphatic rings. The maximum absolute atomic E-state index is 11.0. The Kier molecular flexibility index (Phi) is 2.20. The molecule has 0 N–H and O–H groups in total. The maximum atomic E-state index is 11.0. The molecule has 0 bridgehead atoms. The van der Waals surface area contributed by atoms with Crippen LogP contribution in [-0.2, 0) is 9.59 Å². The van der Waals surface area contributed by atoms with E-state index >= 15 is 0 Å². The van der Waals surface area contributed by atoms with Gasteiger partial charge in [-0.1, -0.05) is 6.42 Å². The van der Waals surface area contributed by atoms with Crippen molar-refractivity contribution in [3.63, 3.8) is 0 Å². The summed E-state index contributed by atoms with van der Waals surface area (Å²) in [5.74, 6) is -0.0581. The Morgan fingerprint density at radius 1 is 1.60 bits per heavy atom. The Morgan fingerprint density at radius 2 is 2.30 bits per heavy atom. The lowest BCUT2D eigenvalue weighted by Gasteiger charge is -2.16. The first kappa shape index (κ1) is 7.45. The molecule has 0 aromatic rings. The summed E-state index contributed by atoms with van der Waals surface area (Å²) in [6, 6.07) is 0. The Morgan fingerprint density at radius 3 is 2.70 bits per heavy atom. The van der Waals surface area contributed by atoms with Crippen LogP contribution in [0.25, 0.3) is 0 Å². The van der Waals surface area contributed by atoms with Crippen LogP contribution in [0.3, 0.4) is 0 Å². The van der Waals surface area contributed by atoms with Crippen LogP contribution in [0.15, 0.2) is 0 Å². The third kappa shape index (κ3) is 1.43. The minimum absolute atomic E-state index is 0. The van der Waals surface area contributed by atoms with Crippen molar-refractivity contribution in [1.82, 2.24) is 0 Å². The van der Waals surface area contributed by atoms with Gasteiger partial charge >= 0.3 is 0 Å². The zero-order valence-electron chi connectivity index (χ0n) is 6.22. The van der Waals surface area contributed by atoms with Crippen molar-refractivity contribution in [3.8, 4) is 0 Å². The highest BCUT2D eigenvalue weighted by Crippen LogP contribution is 2.20. The van der Waals surface area contributed by atoms with E-state index in [1.807, 2.05) is 0 Å². The number of carbonyl (C=O) groups is 2. The van der Waals surface area contributed by atoms with Gasteiger partial charge in [0.2, 0.25) is 0 Å². The van der Waals surface area contributed by atoms with Crippen molar-refractivity contribution in [2.45, 2.75) is 32.6 Å². The lowest BCUT2D eigenvalue weighted by Crippen LogP contribution is -2.24. The minimum Gasteiger partial charge on any atom is -0.299 e. The van der Waals surface area contributed by atoms with Crippen molar-refractivity contribution in [2.24, 2.45) is 5.92 Å². The van der Waals surface area contributed by atoms with Crippen LogP contribution in [0.5, 0.6) is 0 Å². The van der Waals surface area contributed by atoms with Gasteiger partial charge in [-0.2, -0.15) is 0 Å². The summed E-state index contributed by atoms with van der Waals surface area (Å²) in [5, 5.41) is 0. The lowest BCUT2D eigenvalue weighted by atomic mass is 9.86. The minimum atomic E-state index is -0.256. The van der Waals surface area contributed by atoms with E-state index in [9.17, 15) is 9.59 Å². The predicted octanol–water partition coefficient (Wildman–Crippen LogP) is 1.58. The Labute approximate surface area is 62.1 Å². The van der Waals surface area contributed by atoms with E-state index in [2.05, 4.69) is 0 Å². The molecule has 1 rings (SSSR count). The third-order valence-electron chi connectivity index (χ3n) is 2.05.